The number of nitrogens with zero attached hydrogens (tertiary/aromatic N) is 1. The summed E-state index contributed by atoms with van der Waals surface area (Å²) >= 11 is 0. The van der Waals surface area contributed by atoms with Crippen LogP contribution in [-0.2, 0) is 27.7 Å². The highest BCUT2D eigenvalue weighted by molar-refractivity contribution is 7.92. The van der Waals surface area contributed by atoms with Crippen LogP contribution in [0.25, 0.3) is 0 Å². The number of sulfonamides is 1. The number of anilines is 1. The second-order valence-electron chi connectivity index (χ2n) is 7.63. The van der Waals surface area contributed by atoms with Crippen molar-refractivity contribution >= 4 is 21.6 Å². The number of halogens is 2. The molecule has 0 saturated heterocycles. The molecule has 1 aliphatic rings. The van der Waals surface area contributed by atoms with E-state index >= 15 is 0 Å². The molecule has 30 heavy (non-hydrogen) atoms. The van der Waals surface area contributed by atoms with Crippen LogP contribution in [0.2, 0.25) is 0 Å². The Kier molecular flexibility index (Phi) is 6.75. The zero-order valence-corrected chi connectivity index (χ0v) is 17.9. The lowest BCUT2D eigenvalue weighted by Crippen LogP contribution is -2.41. The van der Waals surface area contributed by atoms with Gasteiger partial charge in [-0.2, -0.15) is 0 Å². The van der Waals surface area contributed by atoms with E-state index in [2.05, 4.69) is 17.4 Å². The normalized spacial score (nSPS) is 14.7. The van der Waals surface area contributed by atoms with E-state index in [4.69, 9.17) is 0 Å². The number of hydrogen-bond acceptors (Lipinski definition) is 3. The minimum Gasteiger partial charge on any atom is -0.348 e. The molecule has 162 valence electrons. The summed E-state index contributed by atoms with van der Waals surface area (Å²) < 4.78 is 51.9. The fourth-order valence-electron chi connectivity index (χ4n) is 3.80. The van der Waals surface area contributed by atoms with Crippen molar-refractivity contribution in [3.8, 4) is 0 Å². The Bertz CT molecular complexity index is 1040. The fourth-order valence-corrected chi connectivity index (χ4v) is 4.65. The molecule has 1 N–H and O–H groups in total. The zero-order chi connectivity index (χ0) is 21.9. The first-order valence-electron chi connectivity index (χ1n) is 10.0. The van der Waals surface area contributed by atoms with Gasteiger partial charge in [-0.15, -0.1) is 0 Å². The molecule has 3 rings (SSSR count). The van der Waals surface area contributed by atoms with Gasteiger partial charge in [0.2, 0.25) is 15.9 Å². The van der Waals surface area contributed by atoms with E-state index in [1.807, 2.05) is 13.0 Å². The fraction of sp³-hybridized carbons (Fsp3) is 0.409. The molecule has 2 aromatic carbocycles. The first-order valence-corrected chi connectivity index (χ1v) is 11.9. The van der Waals surface area contributed by atoms with Gasteiger partial charge in [0.25, 0.3) is 0 Å². The topological polar surface area (TPSA) is 66.5 Å². The number of carbonyl (C=O) groups is 1. The maximum absolute atomic E-state index is 13.6. The molecule has 8 heteroatoms. The highest BCUT2D eigenvalue weighted by Gasteiger charge is 2.24. The number of rotatable bonds is 7. The highest BCUT2D eigenvalue weighted by atomic mass is 32.2. The standard InChI is InChI=1S/C22H26F2N2O3S/c1-3-21(17-9-8-15-6-4-5-7-16(15)12-17)25-22(27)14-26(30(2,28)29)18-10-11-19(23)20(24)13-18/h8-13,21H,3-7,14H2,1-2H3,(H,25,27). The average Bonchev–Trinajstić information content (AvgIpc) is 2.71. The van der Waals surface area contributed by atoms with Crippen molar-refractivity contribution in [1.82, 2.24) is 5.32 Å². The number of fused-ring (bicyclic) bond motifs is 1. The van der Waals surface area contributed by atoms with Gasteiger partial charge >= 0.3 is 0 Å². The molecular weight excluding hydrogens is 410 g/mol. The Balaban J connectivity index is 1.77. The molecule has 0 spiro atoms. The lowest BCUT2D eigenvalue weighted by Gasteiger charge is -2.25. The van der Waals surface area contributed by atoms with E-state index in [0.29, 0.717) is 6.42 Å². The van der Waals surface area contributed by atoms with E-state index in [9.17, 15) is 22.0 Å². The Labute approximate surface area is 176 Å². The van der Waals surface area contributed by atoms with E-state index in [1.54, 1.807) is 0 Å². The summed E-state index contributed by atoms with van der Waals surface area (Å²) in [6.45, 7) is 1.42. The van der Waals surface area contributed by atoms with Gasteiger partial charge in [-0.05, 0) is 60.9 Å². The van der Waals surface area contributed by atoms with Crippen molar-refractivity contribution < 1.29 is 22.0 Å². The minimum atomic E-state index is -3.88. The second-order valence-corrected chi connectivity index (χ2v) is 9.54. The molecule has 2 aromatic rings. The summed E-state index contributed by atoms with van der Waals surface area (Å²) in [4.78, 5) is 12.7. The summed E-state index contributed by atoms with van der Waals surface area (Å²) in [6, 6.07) is 8.69. The number of hydrogen-bond donors (Lipinski definition) is 1. The van der Waals surface area contributed by atoms with Gasteiger partial charge in [0.1, 0.15) is 6.54 Å². The van der Waals surface area contributed by atoms with Crippen molar-refractivity contribution in [3.63, 3.8) is 0 Å². The third-order valence-electron chi connectivity index (χ3n) is 5.40. The van der Waals surface area contributed by atoms with Crippen LogP contribution in [0.4, 0.5) is 14.5 Å². The maximum atomic E-state index is 13.6. The average molecular weight is 437 g/mol. The number of benzene rings is 2. The minimum absolute atomic E-state index is 0.103. The number of carbonyl (C=O) groups excluding carboxylic acids is 1. The first-order chi connectivity index (χ1) is 14.2. The van der Waals surface area contributed by atoms with Crippen LogP contribution in [-0.4, -0.2) is 27.1 Å². The summed E-state index contributed by atoms with van der Waals surface area (Å²) in [5, 5.41) is 2.88. The van der Waals surface area contributed by atoms with Crippen LogP contribution in [0.15, 0.2) is 36.4 Å². The quantitative estimate of drug-likeness (QED) is 0.716. The lowest BCUT2D eigenvalue weighted by atomic mass is 9.89. The van der Waals surface area contributed by atoms with Gasteiger partial charge in [0.15, 0.2) is 11.6 Å². The van der Waals surface area contributed by atoms with Crippen LogP contribution < -0.4 is 9.62 Å². The van der Waals surface area contributed by atoms with Gasteiger partial charge in [-0.25, -0.2) is 17.2 Å². The highest BCUT2D eigenvalue weighted by Crippen LogP contribution is 2.26. The summed E-state index contributed by atoms with van der Waals surface area (Å²) in [5.74, 6) is -2.79. The van der Waals surface area contributed by atoms with Crippen LogP contribution in [0.1, 0.15) is 48.9 Å². The molecule has 1 amide bonds. The van der Waals surface area contributed by atoms with Crippen LogP contribution >= 0.6 is 0 Å². The maximum Gasteiger partial charge on any atom is 0.241 e. The molecule has 5 nitrogen and oxygen atoms in total. The summed E-state index contributed by atoms with van der Waals surface area (Å²) in [6.07, 6.45) is 5.97. The third kappa shape index (κ3) is 5.16. The molecule has 0 saturated carbocycles. The van der Waals surface area contributed by atoms with Crippen molar-refractivity contribution in [2.24, 2.45) is 0 Å². The molecule has 1 atom stereocenters. The van der Waals surface area contributed by atoms with Gasteiger partial charge in [-0.1, -0.05) is 25.1 Å². The number of nitrogens with one attached hydrogen (secondary N) is 1. The molecule has 0 fully saturated rings. The Morgan fingerprint density at radius 1 is 1.07 bits per heavy atom. The molecule has 1 unspecified atom stereocenters. The predicted molar refractivity (Wildman–Crippen MR) is 113 cm³/mol. The van der Waals surface area contributed by atoms with Crippen molar-refractivity contribution in [2.45, 2.75) is 45.1 Å². The third-order valence-corrected chi connectivity index (χ3v) is 6.54. The van der Waals surface area contributed by atoms with Crippen molar-refractivity contribution in [2.75, 3.05) is 17.1 Å². The van der Waals surface area contributed by atoms with Crippen LogP contribution in [0.5, 0.6) is 0 Å². The number of amides is 1. The molecule has 0 bridgehead atoms. The monoisotopic (exact) mass is 436 g/mol. The van der Waals surface area contributed by atoms with Crippen molar-refractivity contribution in [3.05, 3.63) is 64.7 Å². The molecule has 1 aliphatic carbocycles. The largest absolute Gasteiger partial charge is 0.348 e. The Morgan fingerprint density at radius 2 is 1.77 bits per heavy atom. The van der Waals surface area contributed by atoms with Gasteiger partial charge in [0, 0.05) is 6.07 Å². The zero-order valence-electron chi connectivity index (χ0n) is 17.1. The molecule has 0 aromatic heterocycles. The summed E-state index contributed by atoms with van der Waals surface area (Å²) in [5.41, 5.74) is 3.51. The van der Waals surface area contributed by atoms with E-state index in [1.165, 1.54) is 17.5 Å². The lowest BCUT2D eigenvalue weighted by molar-refractivity contribution is -0.120. The van der Waals surface area contributed by atoms with Crippen LogP contribution in [0, 0.1) is 11.6 Å². The van der Waals surface area contributed by atoms with Gasteiger partial charge in [0.05, 0.1) is 18.0 Å². The smallest absolute Gasteiger partial charge is 0.241 e. The van der Waals surface area contributed by atoms with Gasteiger partial charge < -0.3 is 5.32 Å². The van der Waals surface area contributed by atoms with Crippen molar-refractivity contribution in [1.29, 1.82) is 0 Å². The molecular formula is C22H26F2N2O3S. The molecule has 0 aliphatic heterocycles. The Hall–Kier alpha value is -2.48. The SMILES string of the molecule is CCC(NC(=O)CN(c1ccc(F)c(F)c1)S(C)(=O)=O)c1ccc2c(c1)CCCC2. The second kappa shape index (κ2) is 9.12. The number of aryl methyl sites for hydroxylation is 2. The van der Waals surface area contributed by atoms with E-state index in [0.717, 1.165) is 53.6 Å². The first kappa shape index (κ1) is 22.2. The van der Waals surface area contributed by atoms with E-state index in [-0.39, 0.29) is 11.7 Å². The van der Waals surface area contributed by atoms with Crippen LogP contribution in [0.3, 0.4) is 0 Å². The predicted octanol–water partition coefficient (Wildman–Crippen LogP) is 3.88. The van der Waals surface area contributed by atoms with Gasteiger partial charge in [-0.3, -0.25) is 9.10 Å². The Morgan fingerprint density at radius 3 is 2.40 bits per heavy atom. The van der Waals surface area contributed by atoms with E-state index < -0.39 is 34.1 Å². The molecule has 0 heterocycles. The molecule has 0 radical (unpaired) electrons. The summed E-state index contributed by atoms with van der Waals surface area (Å²) in [7, 11) is -3.88.